The molecule has 0 heterocycles. The van der Waals surface area contributed by atoms with Crippen molar-refractivity contribution in [3.8, 4) is 0 Å². The summed E-state index contributed by atoms with van der Waals surface area (Å²) in [6.07, 6.45) is -0.152. The Hall–Kier alpha value is -0.280. The molecule has 0 saturated carbocycles. The number of aliphatic hydroxyl groups excluding tert-OH is 1. The van der Waals surface area contributed by atoms with E-state index in [1.165, 1.54) is 0 Å². The summed E-state index contributed by atoms with van der Waals surface area (Å²) in [5.41, 5.74) is 6.71. The second kappa shape index (κ2) is 5.57. The van der Waals surface area contributed by atoms with Crippen LogP contribution < -0.4 is 5.73 Å². The van der Waals surface area contributed by atoms with Crippen molar-refractivity contribution in [2.45, 2.75) is 39.3 Å². The van der Waals surface area contributed by atoms with E-state index >= 15 is 0 Å². The van der Waals surface area contributed by atoms with E-state index in [1.807, 2.05) is 0 Å². The lowest BCUT2D eigenvalue weighted by Gasteiger charge is -2.29. The Bertz CT molecular complexity index is 367. The smallest absolute Gasteiger partial charge is 0.0806 e. The van der Waals surface area contributed by atoms with E-state index in [-0.39, 0.29) is 11.5 Å². The number of nitrogens with two attached hydrogens (primary N) is 1. The van der Waals surface area contributed by atoms with Crippen LogP contribution in [0.5, 0.6) is 0 Å². The minimum atomic E-state index is -0.638. The van der Waals surface area contributed by atoms with Gasteiger partial charge in [0, 0.05) is 16.1 Å². The number of hydrogen-bond acceptors (Lipinski definition) is 2. The quantitative estimate of drug-likeness (QED) is 0.882. The van der Waals surface area contributed by atoms with E-state index in [2.05, 4.69) is 20.8 Å². The third-order valence-electron chi connectivity index (χ3n) is 2.86. The zero-order chi connectivity index (χ0) is 13.2. The molecule has 0 radical (unpaired) electrons. The van der Waals surface area contributed by atoms with Crippen LogP contribution in [-0.2, 0) is 0 Å². The number of halogens is 2. The maximum absolute atomic E-state index is 10.1. The van der Waals surface area contributed by atoms with Crippen molar-refractivity contribution in [2.24, 2.45) is 11.1 Å². The van der Waals surface area contributed by atoms with E-state index < -0.39 is 6.10 Å². The summed E-state index contributed by atoms with van der Waals surface area (Å²) in [5, 5.41) is 11.2. The molecule has 1 rings (SSSR count). The van der Waals surface area contributed by atoms with Crippen molar-refractivity contribution in [1.82, 2.24) is 0 Å². The maximum atomic E-state index is 10.1. The van der Waals surface area contributed by atoms with Crippen molar-refractivity contribution in [1.29, 1.82) is 0 Å². The standard InChI is InChI=1S/C13H19Cl2NO/c1-13(2,3)12(16)7-11(17)8-4-9(14)6-10(15)5-8/h4-6,11-12,17H,7,16H2,1-3H3/t11-,12+/m0/s1. The van der Waals surface area contributed by atoms with Crippen LogP contribution in [0.4, 0.5) is 0 Å². The Morgan fingerprint density at radius 2 is 1.65 bits per heavy atom. The second-order valence-electron chi connectivity index (χ2n) is 5.43. The van der Waals surface area contributed by atoms with Crippen LogP contribution in [0.1, 0.15) is 38.9 Å². The molecule has 0 aliphatic rings. The summed E-state index contributed by atoms with van der Waals surface area (Å²) in [6, 6.07) is 4.99. The Morgan fingerprint density at radius 3 is 2.06 bits per heavy atom. The van der Waals surface area contributed by atoms with Gasteiger partial charge < -0.3 is 10.8 Å². The van der Waals surface area contributed by atoms with Crippen molar-refractivity contribution >= 4 is 23.2 Å². The fourth-order valence-electron chi connectivity index (χ4n) is 1.50. The van der Waals surface area contributed by atoms with Crippen LogP contribution in [0.15, 0.2) is 18.2 Å². The van der Waals surface area contributed by atoms with Gasteiger partial charge in [-0.05, 0) is 35.6 Å². The molecule has 0 aliphatic carbocycles. The zero-order valence-electron chi connectivity index (χ0n) is 10.4. The summed E-state index contributed by atoms with van der Waals surface area (Å²) >= 11 is 11.8. The summed E-state index contributed by atoms with van der Waals surface area (Å²) in [7, 11) is 0. The Balaban J connectivity index is 2.79. The van der Waals surface area contributed by atoms with Gasteiger partial charge in [-0.2, -0.15) is 0 Å². The summed E-state index contributed by atoms with van der Waals surface area (Å²) in [5.74, 6) is 0. The molecule has 96 valence electrons. The molecule has 1 aromatic rings. The molecular weight excluding hydrogens is 257 g/mol. The van der Waals surface area contributed by atoms with E-state index in [4.69, 9.17) is 28.9 Å². The van der Waals surface area contributed by atoms with Gasteiger partial charge in [0.1, 0.15) is 0 Å². The van der Waals surface area contributed by atoms with Gasteiger partial charge in [-0.1, -0.05) is 44.0 Å². The molecule has 2 atom stereocenters. The average Bonchev–Trinajstić information content (AvgIpc) is 2.14. The van der Waals surface area contributed by atoms with Crippen LogP contribution in [0.2, 0.25) is 10.0 Å². The van der Waals surface area contributed by atoms with Gasteiger partial charge in [0.15, 0.2) is 0 Å². The topological polar surface area (TPSA) is 46.2 Å². The summed E-state index contributed by atoms with van der Waals surface area (Å²) in [4.78, 5) is 0. The number of aliphatic hydroxyl groups is 1. The Kier molecular flexibility index (Phi) is 4.85. The van der Waals surface area contributed by atoms with Crippen LogP contribution >= 0.6 is 23.2 Å². The first kappa shape index (κ1) is 14.8. The van der Waals surface area contributed by atoms with Gasteiger partial charge in [0.25, 0.3) is 0 Å². The second-order valence-corrected chi connectivity index (χ2v) is 6.30. The highest BCUT2D eigenvalue weighted by Crippen LogP contribution is 2.29. The molecule has 0 bridgehead atoms. The maximum Gasteiger partial charge on any atom is 0.0806 e. The molecule has 0 spiro atoms. The highest BCUT2D eigenvalue weighted by molar-refractivity contribution is 6.34. The fraction of sp³-hybridized carbons (Fsp3) is 0.538. The Labute approximate surface area is 113 Å². The molecule has 2 nitrogen and oxygen atoms in total. The van der Waals surface area contributed by atoms with Crippen LogP contribution in [0.25, 0.3) is 0 Å². The molecule has 0 saturated heterocycles. The van der Waals surface area contributed by atoms with Gasteiger partial charge in [-0.15, -0.1) is 0 Å². The van der Waals surface area contributed by atoms with E-state index in [0.29, 0.717) is 22.0 Å². The minimum absolute atomic E-state index is 0.0383. The third-order valence-corrected chi connectivity index (χ3v) is 3.30. The largest absolute Gasteiger partial charge is 0.388 e. The lowest BCUT2D eigenvalue weighted by molar-refractivity contribution is 0.133. The van der Waals surface area contributed by atoms with Crippen LogP contribution in [-0.4, -0.2) is 11.1 Å². The predicted molar refractivity (Wildman–Crippen MR) is 73.5 cm³/mol. The van der Waals surface area contributed by atoms with Gasteiger partial charge >= 0.3 is 0 Å². The SMILES string of the molecule is CC(C)(C)[C@H](N)C[C@H](O)c1cc(Cl)cc(Cl)c1. The summed E-state index contributed by atoms with van der Waals surface area (Å²) < 4.78 is 0. The molecule has 0 unspecified atom stereocenters. The Morgan fingerprint density at radius 1 is 1.18 bits per heavy atom. The van der Waals surface area contributed by atoms with Crippen molar-refractivity contribution in [3.63, 3.8) is 0 Å². The van der Waals surface area contributed by atoms with Crippen molar-refractivity contribution in [2.75, 3.05) is 0 Å². The third kappa shape index (κ3) is 4.47. The van der Waals surface area contributed by atoms with Gasteiger partial charge in [0.05, 0.1) is 6.10 Å². The van der Waals surface area contributed by atoms with Crippen LogP contribution in [0.3, 0.4) is 0 Å². The highest BCUT2D eigenvalue weighted by atomic mass is 35.5. The van der Waals surface area contributed by atoms with Gasteiger partial charge in [-0.25, -0.2) is 0 Å². The molecule has 17 heavy (non-hydrogen) atoms. The first-order valence-electron chi connectivity index (χ1n) is 5.60. The van der Waals surface area contributed by atoms with Crippen molar-refractivity contribution in [3.05, 3.63) is 33.8 Å². The number of hydrogen-bond donors (Lipinski definition) is 2. The minimum Gasteiger partial charge on any atom is -0.388 e. The van der Waals surface area contributed by atoms with E-state index in [1.54, 1.807) is 18.2 Å². The monoisotopic (exact) mass is 275 g/mol. The molecule has 3 N–H and O–H groups in total. The van der Waals surface area contributed by atoms with E-state index in [0.717, 1.165) is 0 Å². The molecule has 0 aromatic heterocycles. The zero-order valence-corrected chi connectivity index (χ0v) is 11.9. The molecule has 4 heteroatoms. The van der Waals surface area contributed by atoms with Gasteiger partial charge in [-0.3, -0.25) is 0 Å². The van der Waals surface area contributed by atoms with E-state index in [9.17, 15) is 5.11 Å². The molecule has 0 aliphatic heterocycles. The lowest BCUT2D eigenvalue weighted by Crippen LogP contribution is -2.36. The highest BCUT2D eigenvalue weighted by Gasteiger charge is 2.24. The molecule has 0 fully saturated rings. The van der Waals surface area contributed by atoms with Crippen LogP contribution in [0, 0.1) is 5.41 Å². The lowest BCUT2D eigenvalue weighted by atomic mass is 9.83. The number of rotatable bonds is 3. The first-order valence-corrected chi connectivity index (χ1v) is 6.35. The van der Waals surface area contributed by atoms with Gasteiger partial charge in [0.2, 0.25) is 0 Å². The number of benzene rings is 1. The molecular formula is C13H19Cl2NO. The first-order chi connectivity index (χ1) is 7.70. The molecule has 0 amide bonds. The summed E-state index contributed by atoms with van der Waals surface area (Å²) in [6.45, 7) is 6.15. The average molecular weight is 276 g/mol. The van der Waals surface area contributed by atoms with Crippen molar-refractivity contribution < 1.29 is 5.11 Å². The molecule has 1 aromatic carbocycles. The predicted octanol–water partition coefficient (Wildman–Crippen LogP) is 3.79. The normalized spacial score (nSPS) is 15.7. The fourth-order valence-corrected chi connectivity index (χ4v) is 2.04.